The second kappa shape index (κ2) is 11.9. The number of amides is 1. The number of hydrogen-bond acceptors (Lipinski definition) is 6. The van der Waals surface area contributed by atoms with Gasteiger partial charge in [0, 0.05) is 18.6 Å². The lowest BCUT2D eigenvalue weighted by Gasteiger charge is -2.28. The molecule has 1 atom stereocenters. The highest BCUT2D eigenvalue weighted by Crippen LogP contribution is 2.20. The van der Waals surface area contributed by atoms with Gasteiger partial charge in [0.15, 0.2) is 0 Å². The summed E-state index contributed by atoms with van der Waals surface area (Å²) in [5, 5.41) is 35.6. The van der Waals surface area contributed by atoms with E-state index < -0.39 is 12.7 Å². The standard InChI is InChI=1S/C27H32FN3O4/c1-27(2,30-16-25(34)22-9-10-24(33)23(17-32)31-22)14-19-6-3-5-18(11-19)13-26(35)29-15-20-7-4-8-21(28)12-20/h3-12,25,30,32-34H,13-17H2,1-2H3,(H,29,35). The Labute approximate surface area is 204 Å². The maximum Gasteiger partial charge on any atom is 0.224 e. The normalized spacial score (nSPS) is 12.4. The van der Waals surface area contributed by atoms with Crippen molar-refractivity contribution in [2.45, 2.75) is 51.5 Å². The quantitative estimate of drug-likeness (QED) is 0.288. The van der Waals surface area contributed by atoms with Crippen LogP contribution in [0.2, 0.25) is 0 Å². The average molecular weight is 482 g/mol. The molecule has 0 aliphatic rings. The fourth-order valence-electron chi connectivity index (χ4n) is 3.81. The number of aliphatic hydroxyl groups excluding tert-OH is 2. The van der Waals surface area contributed by atoms with Gasteiger partial charge in [0.05, 0.1) is 18.7 Å². The molecule has 7 nitrogen and oxygen atoms in total. The Morgan fingerprint density at radius 1 is 1.06 bits per heavy atom. The van der Waals surface area contributed by atoms with Gasteiger partial charge in [-0.15, -0.1) is 0 Å². The molecule has 1 aromatic heterocycles. The largest absolute Gasteiger partial charge is 0.506 e. The van der Waals surface area contributed by atoms with Gasteiger partial charge in [-0.2, -0.15) is 0 Å². The monoisotopic (exact) mass is 481 g/mol. The number of aliphatic hydroxyl groups is 2. The van der Waals surface area contributed by atoms with Gasteiger partial charge in [0.2, 0.25) is 5.91 Å². The van der Waals surface area contributed by atoms with Crippen LogP contribution in [0.3, 0.4) is 0 Å². The zero-order valence-electron chi connectivity index (χ0n) is 20.0. The fraction of sp³-hybridized carbons (Fsp3) is 0.333. The number of nitrogens with zero attached hydrogens (tertiary/aromatic N) is 1. The number of carbonyl (C=O) groups is 1. The highest BCUT2D eigenvalue weighted by molar-refractivity contribution is 5.78. The van der Waals surface area contributed by atoms with Crippen LogP contribution in [0.1, 0.15) is 48.0 Å². The van der Waals surface area contributed by atoms with E-state index >= 15 is 0 Å². The maximum atomic E-state index is 13.3. The van der Waals surface area contributed by atoms with Crippen molar-refractivity contribution >= 4 is 5.91 Å². The molecular weight excluding hydrogens is 449 g/mol. The van der Waals surface area contributed by atoms with Gasteiger partial charge in [-0.1, -0.05) is 36.4 Å². The summed E-state index contributed by atoms with van der Waals surface area (Å²) in [6.45, 7) is 4.12. The lowest BCUT2D eigenvalue weighted by molar-refractivity contribution is -0.120. The topological polar surface area (TPSA) is 115 Å². The molecule has 186 valence electrons. The van der Waals surface area contributed by atoms with E-state index in [1.165, 1.54) is 24.3 Å². The van der Waals surface area contributed by atoms with Crippen molar-refractivity contribution in [3.05, 3.63) is 94.6 Å². The average Bonchev–Trinajstić information content (AvgIpc) is 2.81. The van der Waals surface area contributed by atoms with Crippen LogP contribution >= 0.6 is 0 Å². The maximum absolute atomic E-state index is 13.3. The van der Waals surface area contributed by atoms with Gasteiger partial charge < -0.3 is 26.0 Å². The Hall–Kier alpha value is -3.33. The van der Waals surface area contributed by atoms with Crippen LogP contribution in [0.5, 0.6) is 5.75 Å². The molecule has 2 aromatic carbocycles. The molecule has 0 saturated carbocycles. The number of halogens is 1. The molecule has 0 bridgehead atoms. The van der Waals surface area contributed by atoms with E-state index in [2.05, 4.69) is 15.6 Å². The Balaban J connectivity index is 1.53. The lowest BCUT2D eigenvalue weighted by Crippen LogP contribution is -2.43. The minimum Gasteiger partial charge on any atom is -0.506 e. The molecule has 1 unspecified atom stereocenters. The molecule has 0 aliphatic heterocycles. The van der Waals surface area contributed by atoms with E-state index in [1.54, 1.807) is 12.1 Å². The first-order chi connectivity index (χ1) is 16.6. The van der Waals surface area contributed by atoms with Gasteiger partial charge in [0.25, 0.3) is 0 Å². The Bertz CT molecular complexity index is 1150. The number of hydrogen-bond donors (Lipinski definition) is 5. The zero-order valence-corrected chi connectivity index (χ0v) is 20.0. The van der Waals surface area contributed by atoms with Crippen LogP contribution in [0, 0.1) is 5.82 Å². The molecule has 1 amide bonds. The molecule has 0 spiro atoms. The molecule has 3 rings (SSSR count). The summed E-state index contributed by atoms with van der Waals surface area (Å²) in [4.78, 5) is 16.5. The molecule has 0 fully saturated rings. The molecule has 5 N–H and O–H groups in total. The number of benzene rings is 2. The third-order valence-electron chi connectivity index (χ3n) is 5.62. The summed E-state index contributed by atoms with van der Waals surface area (Å²) in [5.74, 6) is -0.586. The Morgan fingerprint density at radius 2 is 1.77 bits per heavy atom. The summed E-state index contributed by atoms with van der Waals surface area (Å²) in [6.07, 6.45) is -0.0352. The number of aromatic nitrogens is 1. The minimum absolute atomic E-state index is 0.112. The van der Waals surface area contributed by atoms with Crippen LogP contribution in [-0.4, -0.2) is 38.3 Å². The first kappa shape index (κ1) is 26.3. The predicted molar refractivity (Wildman–Crippen MR) is 131 cm³/mol. The first-order valence-electron chi connectivity index (χ1n) is 11.5. The zero-order chi connectivity index (χ0) is 25.4. The van der Waals surface area contributed by atoms with Crippen LogP contribution in [0.25, 0.3) is 0 Å². The van der Waals surface area contributed by atoms with Gasteiger partial charge in [-0.05, 0) is 61.2 Å². The van der Waals surface area contributed by atoms with E-state index in [0.29, 0.717) is 17.7 Å². The molecular formula is C27H32FN3O4. The van der Waals surface area contributed by atoms with Crippen LogP contribution in [0.4, 0.5) is 4.39 Å². The molecule has 3 aromatic rings. The minimum atomic E-state index is -0.909. The molecule has 8 heteroatoms. The molecule has 0 radical (unpaired) electrons. The highest BCUT2D eigenvalue weighted by atomic mass is 19.1. The number of nitrogens with one attached hydrogen (secondary N) is 2. The first-order valence-corrected chi connectivity index (χ1v) is 11.5. The van der Waals surface area contributed by atoms with Crippen LogP contribution in [-0.2, 0) is 30.8 Å². The Kier molecular flexibility index (Phi) is 8.92. The van der Waals surface area contributed by atoms with Gasteiger partial charge in [0.1, 0.15) is 23.4 Å². The number of β-amino-alcohol motifs (C(OH)–C–C–N with tert-alkyl or cyclic N) is 1. The highest BCUT2D eigenvalue weighted by Gasteiger charge is 2.21. The Morgan fingerprint density at radius 3 is 2.51 bits per heavy atom. The number of aromatic hydroxyl groups is 1. The summed E-state index contributed by atoms with van der Waals surface area (Å²) < 4.78 is 13.3. The van der Waals surface area contributed by atoms with Crippen LogP contribution in [0.15, 0.2) is 60.7 Å². The van der Waals surface area contributed by atoms with Crippen molar-refractivity contribution < 1.29 is 24.5 Å². The number of pyridine rings is 1. The van der Waals surface area contributed by atoms with E-state index in [4.69, 9.17) is 0 Å². The lowest BCUT2D eigenvalue weighted by atomic mass is 9.93. The summed E-state index contributed by atoms with van der Waals surface area (Å²) >= 11 is 0. The van der Waals surface area contributed by atoms with Gasteiger partial charge >= 0.3 is 0 Å². The van der Waals surface area contributed by atoms with Crippen molar-refractivity contribution in [3.63, 3.8) is 0 Å². The summed E-state index contributed by atoms with van der Waals surface area (Å²) in [6, 6.07) is 16.8. The van der Waals surface area contributed by atoms with E-state index in [9.17, 15) is 24.5 Å². The number of carbonyl (C=O) groups excluding carboxylic acids is 1. The van der Waals surface area contributed by atoms with Crippen molar-refractivity contribution in [2.75, 3.05) is 6.54 Å². The van der Waals surface area contributed by atoms with E-state index in [1.807, 2.05) is 38.1 Å². The second-order valence-electron chi connectivity index (χ2n) is 9.22. The molecule has 1 heterocycles. The third kappa shape index (κ3) is 8.13. The predicted octanol–water partition coefficient (Wildman–Crippen LogP) is 2.92. The molecule has 0 aliphatic carbocycles. The van der Waals surface area contributed by atoms with Crippen molar-refractivity contribution in [1.29, 1.82) is 0 Å². The SMILES string of the molecule is CC(C)(Cc1cccc(CC(=O)NCc2cccc(F)c2)c1)NCC(O)c1ccc(O)c(CO)n1. The van der Waals surface area contributed by atoms with E-state index in [-0.39, 0.29) is 48.2 Å². The van der Waals surface area contributed by atoms with Gasteiger partial charge in [-0.25, -0.2) is 9.37 Å². The van der Waals surface area contributed by atoms with Crippen molar-refractivity contribution in [2.24, 2.45) is 0 Å². The fourth-order valence-corrected chi connectivity index (χ4v) is 3.81. The number of rotatable bonds is 11. The van der Waals surface area contributed by atoms with Crippen molar-refractivity contribution in [3.8, 4) is 5.75 Å². The summed E-state index contributed by atoms with van der Waals surface area (Å²) in [7, 11) is 0. The van der Waals surface area contributed by atoms with Crippen molar-refractivity contribution in [1.82, 2.24) is 15.6 Å². The molecule has 35 heavy (non-hydrogen) atoms. The third-order valence-corrected chi connectivity index (χ3v) is 5.62. The summed E-state index contributed by atoms with van der Waals surface area (Å²) in [5.41, 5.74) is 2.74. The van der Waals surface area contributed by atoms with Crippen LogP contribution < -0.4 is 10.6 Å². The van der Waals surface area contributed by atoms with E-state index in [0.717, 1.165) is 11.1 Å². The smallest absolute Gasteiger partial charge is 0.224 e. The second-order valence-corrected chi connectivity index (χ2v) is 9.22. The van der Waals surface area contributed by atoms with Gasteiger partial charge in [-0.3, -0.25) is 4.79 Å². The molecule has 0 saturated heterocycles.